The van der Waals surface area contributed by atoms with Gasteiger partial charge in [-0.3, -0.25) is 0 Å². The predicted molar refractivity (Wildman–Crippen MR) is 269 cm³/mol. The van der Waals surface area contributed by atoms with Gasteiger partial charge in [-0.15, -0.1) is 21.9 Å². The van der Waals surface area contributed by atoms with Crippen molar-refractivity contribution in [1.29, 1.82) is 0 Å². The molecule has 258 valence electrons. The molecular formula is C48H21B10N3. The average molecular weight is 748 g/mol. The van der Waals surface area contributed by atoms with Gasteiger partial charge in [-0.25, -0.2) is 0 Å². The summed E-state index contributed by atoms with van der Waals surface area (Å²) in [7, 11) is 69.3. The second kappa shape index (κ2) is 13.7. The van der Waals surface area contributed by atoms with Gasteiger partial charge in [0.2, 0.25) is 0 Å². The number of fused-ring (bicyclic) bond motifs is 10. The topological polar surface area (TPSA) is 14.8 Å². The molecule has 0 aliphatic heterocycles. The lowest BCUT2D eigenvalue weighted by Gasteiger charge is -2.17. The van der Waals surface area contributed by atoms with Gasteiger partial charge in [0.05, 0.1) is 16.6 Å². The molecule has 0 aliphatic rings. The highest BCUT2D eigenvalue weighted by atomic mass is 15.0. The first-order valence-corrected chi connectivity index (χ1v) is 19.6. The zero-order valence-electron chi connectivity index (χ0n) is 32.7. The van der Waals surface area contributed by atoms with Crippen LogP contribution in [-0.4, -0.2) is 92.2 Å². The van der Waals surface area contributed by atoms with E-state index in [1.165, 1.54) is 0 Å². The summed E-state index contributed by atoms with van der Waals surface area (Å²) in [5, 5.41) is 4.14. The van der Waals surface area contributed by atoms with E-state index in [0.29, 0.717) is 43.6 Å². The summed E-state index contributed by atoms with van der Waals surface area (Å²) < 4.78 is 6.22. The summed E-state index contributed by atoms with van der Waals surface area (Å²) in [5.41, 5.74) is 10.5. The summed E-state index contributed by atoms with van der Waals surface area (Å²) in [6.45, 7) is 0. The van der Waals surface area contributed by atoms with Gasteiger partial charge in [0.15, 0.2) is 0 Å². The molecule has 0 unspecified atom stereocenters. The molecule has 3 heterocycles. The van der Waals surface area contributed by atoms with Crippen LogP contribution in [0.15, 0.2) is 127 Å². The van der Waals surface area contributed by atoms with E-state index in [0.717, 1.165) is 50.0 Å². The zero-order chi connectivity index (χ0) is 42.2. The van der Waals surface area contributed by atoms with Gasteiger partial charge in [-0.2, -0.15) is 0 Å². The molecule has 11 rings (SSSR count). The largest absolute Gasteiger partial charge is 0.310 e. The molecule has 13 heteroatoms. The van der Waals surface area contributed by atoms with Crippen molar-refractivity contribution in [3.05, 3.63) is 127 Å². The minimum Gasteiger partial charge on any atom is -0.310 e. The van der Waals surface area contributed by atoms with Crippen LogP contribution in [0, 0.1) is 0 Å². The Kier molecular flexibility index (Phi) is 8.46. The summed E-state index contributed by atoms with van der Waals surface area (Å²) in [4.78, 5) is 0. The number of rotatable bonds is 4. The van der Waals surface area contributed by atoms with Crippen LogP contribution in [0.4, 0.5) is 0 Å². The van der Waals surface area contributed by atoms with E-state index in [1.807, 2.05) is 94.1 Å². The fourth-order valence-electron chi connectivity index (χ4n) is 9.46. The smallest absolute Gasteiger partial charge is 0.115 e. The van der Waals surface area contributed by atoms with E-state index in [-0.39, 0.29) is 54.6 Å². The van der Waals surface area contributed by atoms with Crippen molar-refractivity contribution in [2.24, 2.45) is 0 Å². The first kappa shape index (κ1) is 37.8. The molecule has 0 spiro atoms. The van der Waals surface area contributed by atoms with Gasteiger partial charge in [0.25, 0.3) is 0 Å². The Morgan fingerprint density at radius 3 is 1.38 bits per heavy atom. The standard InChI is InChI=1S/C48H21B10N3/c49-35-32-31-37(51)42(56)48-34(33-36(50)39(53)41(55)44(58)47(33)61(48)25-15-9-12-23(20-25)22-10-3-1-4-11-22)45(31)60(46(32)43(57)40(54)38(35)52)26-18-19-30-28(21-26)27-16-7-8-17-29(27)59(30)24-13-5-2-6-14-24/h1-21H. The third-order valence-electron chi connectivity index (χ3n) is 12.3. The molecule has 0 fully saturated rings. The highest BCUT2D eigenvalue weighted by molar-refractivity contribution is 6.71. The maximum absolute atomic E-state index is 7.27. The lowest BCUT2D eigenvalue weighted by atomic mass is 9.64. The van der Waals surface area contributed by atoms with Gasteiger partial charge in [0.1, 0.15) is 78.5 Å². The fraction of sp³-hybridized carbons (Fsp3) is 0. The fourth-order valence-corrected chi connectivity index (χ4v) is 9.46. The SMILES string of the molecule is [B]c1c([B])c([B])c2c(c1[B])c1c(c([B])c([B])c3c4c([B])c([B])c([B])c([B])c4n(-c4ccc5c(c4)c4ccccc4n5-c4ccccc4)c31)n2-c1cccc(-c2ccccc2)c1. The van der Waals surface area contributed by atoms with E-state index < -0.39 is 0 Å². The predicted octanol–water partition coefficient (Wildman–Crippen LogP) is 0.583. The Morgan fingerprint density at radius 1 is 0.262 bits per heavy atom. The van der Waals surface area contributed by atoms with Crippen molar-refractivity contribution < 1.29 is 0 Å². The van der Waals surface area contributed by atoms with Gasteiger partial charge in [-0.05, 0) is 65.0 Å². The molecule has 0 saturated heterocycles. The molecule has 8 aromatic carbocycles. The third-order valence-corrected chi connectivity index (χ3v) is 12.3. The number of para-hydroxylation sites is 2. The van der Waals surface area contributed by atoms with Crippen LogP contribution in [0.3, 0.4) is 0 Å². The van der Waals surface area contributed by atoms with Crippen LogP contribution in [0.2, 0.25) is 0 Å². The zero-order valence-corrected chi connectivity index (χ0v) is 32.7. The highest BCUT2D eigenvalue weighted by Crippen LogP contribution is 2.40. The number of benzene rings is 8. The normalized spacial score (nSPS) is 11.9. The summed E-state index contributed by atoms with van der Waals surface area (Å²) >= 11 is 0. The summed E-state index contributed by atoms with van der Waals surface area (Å²) in [5.74, 6) is 0. The van der Waals surface area contributed by atoms with Gasteiger partial charge in [0, 0.05) is 60.5 Å². The first-order valence-electron chi connectivity index (χ1n) is 19.6. The van der Waals surface area contributed by atoms with Crippen molar-refractivity contribution >= 4 is 199 Å². The minimum atomic E-state index is 0.129. The maximum atomic E-state index is 7.27. The van der Waals surface area contributed by atoms with Crippen LogP contribution < -0.4 is 54.6 Å². The number of nitrogens with zero attached hydrogens (tertiary/aromatic N) is 3. The van der Waals surface area contributed by atoms with Crippen molar-refractivity contribution in [2.75, 3.05) is 0 Å². The average Bonchev–Trinajstić information content (AvgIpc) is 3.95. The second-order valence-electron chi connectivity index (χ2n) is 15.5. The molecule has 0 atom stereocenters. The van der Waals surface area contributed by atoms with Crippen LogP contribution in [0.25, 0.3) is 93.6 Å². The summed E-state index contributed by atoms with van der Waals surface area (Å²) in [6.07, 6.45) is 0. The quantitative estimate of drug-likeness (QED) is 0.235. The molecule has 0 N–H and O–H groups in total. The Balaban J connectivity index is 1.38. The molecule has 0 saturated carbocycles. The van der Waals surface area contributed by atoms with Crippen molar-refractivity contribution in [3.63, 3.8) is 0 Å². The maximum Gasteiger partial charge on any atom is 0.115 e. The third kappa shape index (κ3) is 5.13. The molecule has 61 heavy (non-hydrogen) atoms. The van der Waals surface area contributed by atoms with Crippen LogP contribution >= 0.6 is 0 Å². The highest BCUT2D eigenvalue weighted by Gasteiger charge is 2.29. The van der Waals surface area contributed by atoms with E-state index in [2.05, 4.69) is 47.0 Å². The number of hydrogen-bond donors (Lipinski definition) is 0. The van der Waals surface area contributed by atoms with E-state index >= 15 is 0 Å². The molecular weight excluding hydrogens is 727 g/mol. The monoisotopic (exact) mass is 749 g/mol. The van der Waals surface area contributed by atoms with Gasteiger partial charge in [-0.1, -0.05) is 112 Å². The molecule has 20 radical (unpaired) electrons. The Bertz CT molecular complexity index is 3700. The molecule has 0 aliphatic carbocycles. The molecule has 0 amide bonds. The Morgan fingerprint density at radius 2 is 0.705 bits per heavy atom. The molecule has 3 aromatic heterocycles. The van der Waals surface area contributed by atoms with Gasteiger partial charge >= 0.3 is 0 Å². The lowest BCUT2D eigenvalue weighted by Crippen LogP contribution is -2.48. The molecule has 0 bridgehead atoms. The Labute approximate surface area is 366 Å². The summed E-state index contributed by atoms with van der Waals surface area (Å²) in [6, 6.07) is 42.9. The molecule has 3 nitrogen and oxygen atoms in total. The Hall–Kier alpha value is -6.19. The van der Waals surface area contributed by atoms with Crippen molar-refractivity contribution in [2.45, 2.75) is 0 Å². The lowest BCUT2D eigenvalue weighted by molar-refractivity contribution is 1.17. The second-order valence-corrected chi connectivity index (χ2v) is 15.5. The first-order chi connectivity index (χ1) is 29.5. The van der Waals surface area contributed by atoms with Crippen LogP contribution in [-0.2, 0) is 0 Å². The van der Waals surface area contributed by atoms with Crippen LogP contribution in [0.5, 0.6) is 0 Å². The van der Waals surface area contributed by atoms with Gasteiger partial charge < -0.3 is 13.7 Å². The number of aromatic nitrogens is 3. The van der Waals surface area contributed by atoms with Crippen LogP contribution in [0.1, 0.15) is 0 Å². The van der Waals surface area contributed by atoms with E-state index in [9.17, 15) is 0 Å². The van der Waals surface area contributed by atoms with E-state index in [1.54, 1.807) is 0 Å². The van der Waals surface area contributed by atoms with E-state index in [4.69, 9.17) is 78.5 Å². The van der Waals surface area contributed by atoms with Crippen molar-refractivity contribution in [3.8, 4) is 28.2 Å². The van der Waals surface area contributed by atoms with Crippen molar-refractivity contribution in [1.82, 2.24) is 13.7 Å². The minimum absolute atomic E-state index is 0.129. The number of hydrogen-bond acceptors (Lipinski definition) is 0. The molecule has 11 aromatic rings.